The maximum absolute atomic E-state index is 12.4. The minimum atomic E-state index is 0.0651. The number of aromatic nitrogens is 3. The predicted molar refractivity (Wildman–Crippen MR) is 103 cm³/mol. The van der Waals surface area contributed by atoms with Crippen LogP contribution in [0.5, 0.6) is 0 Å². The molecule has 8 heteroatoms. The number of ether oxygens (including phenoxy) is 1. The van der Waals surface area contributed by atoms with Gasteiger partial charge in [-0.3, -0.25) is 4.79 Å². The zero-order chi connectivity index (χ0) is 19.5. The third kappa shape index (κ3) is 4.16. The summed E-state index contributed by atoms with van der Waals surface area (Å²) in [6, 6.07) is 0.119. The summed E-state index contributed by atoms with van der Waals surface area (Å²) in [5.41, 5.74) is 4.06. The number of hydrogen-bond acceptors (Lipinski definition) is 7. The largest absolute Gasteiger partial charge is 0.376 e. The molecule has 1 saturated heterocycles. The molecule has 2 aliphatic rings. The van der Waals surface area contributed by atoms with Crippen LogP contribution in [0, 0.1) is 13.8 Å². The molecule has 2 aromatic heterocycles. The van der Waals surface area contributed by atoms with Crippen molar-refractivity contribution < 1.29 is 14.1 Å². The van der Waals surface area contributed by atoms with Gasteiger partial charge in [-0.25, -0.2) is 9.97 Å². The molecule has 0 spiro atoms. The standard InChI is InChI=1S/C20H27N5O3/c1-13-17(14(2)28-24-13)5-6-19(26)22-16-4-3-8-25(11-16)20-21-10-15-12-27-9-7-18(15)23-20/h10,16H,3-9,11-12H2,1-2H3,(H,22,26)/t16-/m0/s1. The number of nitrogens with one attached hydrogen (secondary N) is 1. The van der Waals surface area contributed by atoms with Gasteiger partial charge >= 0.3 is 0 Å². The molecule has 0 unspecified atom stereocenters. The van der Waals surface area contributed by atoms with Crippen molar-refractivity contribution in [2.45, 2.75) is 58.6 Å². The number of amides is 1. The molecular formula is C20H27N5O3. The Morgan fingerprint density at radius 1 is 1.39 bits per heavy atom. The first-order valence-corrected chi connectivity index (χ1v) is 9.98. The molecule has 0 bridgehead atoms. The number of fused-ring (bicyclic) bond motifs is 1. The smallest absolute Gasteiger partial charge is 0.225 e. The lowest BCUT2D eigenvalue weighted by Crippen LogP contribution is -2.48. The highest BCUT2D eigenvalue weighted by atomic mass is 16.5. The molecule has 4 heterocycles. The van der Waals surface area contributed by atoms with Crippen molar-refractivity contribution in [1.82, 2.24) is 20.4 Å². The van der Waals surface area contributed by atoms with Crippen LogP contribution < -0.4 is 10.2 Å². The summed E-state index contributed by atoms with van der Waals surface area (Å²) in [5, 5.41) is 7.12. The van der Waals surface area contributed by atoms with Gasteiger partial charge in [-0.15, -0.1) is 0 Å². The second-order valence-electron chi connectivity index (χ2n) is 7.60. The van der Waals surface area contributed by atoms with Crippen LogP contribution in [-0.4, -0.2) is 46.8 Å². The lowest BCUT2D eigenvalue weighted by molar-refractivity contribution is -0.121. The van der Waals surface area contributed by atoms with E-state index in [1.807, 2.05) is 20.0 Å². The lowest BCUT2D eigenvalue weighted by Gasteiger charge is -2.33. The maximum atomic E-state index is 12.4. The van der Waals surface area contributed by atoms with Crippen LogP contribution in [0.15, 0.2) is 10.7 Å². The van der Waals surface area contributed by atoms with E-state index in [4.69, 9.17) is 14.2 Å². The van der Waals surface area contributed by atoms with E-state index in [9.17, 15) is 4.79 Å². The molecule has 8 nitrogen and oxygen atoms in total. The molecule has 0 radical (unpaired) electrons. The summed E-state index contributed by atoms with van der Waals surface area (Å²) < 4.78 is 10.6. The molecule has 1 amide bonds. The van der Waals surface area contributed by atoms with E-state index < -0.39 is 0 Å². The number of nitrogens with zero attached hydrogens (tertiary/aromatic N) is 4. The Morgan fingerprint density at radius 3 is 3.11 bits per heavy atom. The van der Waals surface area contributed by atoms with Crippen LogP contribution in [0.25, 0.3) is 0 Å². The highest BCUT2D eigenvalue weighted by molar-refractivity contribution is 5.76. The topological polar surface area (TPSA) is 93.4 Å². The predicted octanol–water partition coefficient (Wildman–Crippen LogP) is 1.87. The van der Waals surface area contributed by atoms with Gasteiger partial charge in [0.05, 0.1) is 24.6 Å². The lowest BCUT2D eigenvalue weighted by atomic mass is 10.0. The molecule has 2 aliphatic heterocycles. The number of carbonyl (C=O) groups excluding carboxylic acids is 1. The van der Waals surface area contributed by atoms with Crippen LogP contribution in [0.4, 0.5) is 5.95 Å². The Labute approximate surface area is 164 Å². The molecule has 150 valence electrons. The Bertz CT molecular complexity index is 831. The first-order chi connectivity index (χ1) is 13.6. The van der Waals surface area contributed by atoms with Gasteiger partial charge in [0.1, 0.15) is 5.76 Å². The normalized spacial score (nSPS) is 19.4. The quantitative estimate of drug-likeness (QED) is 0.840. The van der Waals surface area contributed by atoms with E-state index in [0.29, 0.717) is 26.1 Å². The summed E-state index contributed by atoms with van der Waals surface area (Å²) in [7, 11) is 0. The second-order valence-corrected chi connectivity index (χ2v) is 7.60. The highest BCUT2D eigenvalue weighted by Crippen LogP contribution is 2.20. The average molecular weight is 385 g/mol. The molecule has 2 aromatic rings. The fourth-order valence-electron chi connectivity index (χ4n) is 3.95. The molecule has 4 rings (SSSR count). The molecular weight excluding hydrogens is 358 g/mol. The second kappa shape index (κ2) is 8.26. The first-order valence-electron chi connectivity index (χ1n) is 9.98. The summed E-state index contributed by atoms with van der Waals surface area (Å²) in [5.74, 6) is 1.62. The number of piperidine rings is 1. The van der Waals surface area contributed by atoms with Gasteiger partial charge in [0.15, 0.2) is 0 Å². The number of hydrogen-bond donors (Lipinski definition) is 1. The third-order valence-electron chi connectivity index (χ3n) is 5.53. The molecule has 1 N–H and O–H groups in total. The molecule has 1 fully saturated rings. The zero-order valence-corrected chi connectivity index (χ0v) is 16.5. The van der Waals surface area contributed by atoms with E-state index in [0.717, 1.165) is 66.6 Å². The molecule has 1 atom stereocenters. The van der Waals surface area contributed by atoms with Gasteiger partial charge < -0.3 is 19.5 Å². The summed E-state index contributed by atoms with van der Waals surface area (Å²) in [4.78, 5) is 23.9. The Balaban J connectivity index is 1.33. The molecule has 0 saturated carbocycles. The maximum Gasteiger partial charge on any atom is 0.225 e. The molecule has 0 aliphatic carbocycles. The Hall–Kier alpha value is -2.48. The number of carbonyl (C=O) groups is 1. The van der Waals surface area contributed by atoms with E-state index in [1.165, 1.54) is 0 Å². The van der Waals surface area contributed by atoms with Crippen LogP contribution in [0.3, 0.4) is 0 Å². The monoisotopic (exact) mass is 385 g/mol. The fraction of sp³-hybridized carbons (Fsp3) is 0.600. The summed E-state index contributed by atoms with van der Waals surface area (Å²) in [6.45, 7) is 6.77. The Morgan fingerprint density at radius 2 is 2.29 bits per heavy atom. The van der Waals surface area contributed by atoms with Crippen LogP contribution in [0.1, 0.15) is 47.5 Å². The van der Waals surface area contributed by atoms with Crippen molar-refractivity contribution >= 4 is 11.9 Å². The Kier molecular flexibility index (Phi) is 5.57. The fourth-order valence-corrected chi connectivity index (χ4v) is 3.95. The van der Waals surface area contributed by atoms with Crippen molar-refractivity contribution in [1.29, 1.82) is 0 Å². The van der Waals surface area contributed by atoms with Gasteiger partial charge in [-0.2, -0.15) is 0 Å². The van der Waals surface area contributed by atoms with Crippen molar-refractivity contribution in [2.24, 2.45) is 0 Å². The average Bonchev–Trinajstić information content (AvgIpc) is 3.04. The van der Waals surface area contributed by atoms with Crippen molar-refractivity contribution in [2.75, 3.05) is 24.6 Å². The molecule has 28 heavy (non-hydrogen) atoms. The summed E-state index contributed by atoms with van der Waals surface area (Å²) in [6.07, 6.45) is 5.79. The van der Waals surface area contributed by atoms with Gasteiger partial charge in [-0.1, -0.05) is 5.16 Å². The van der Waals surface area contributed by atoms with Crippen LogP contribution in [0.2, 0.25) is 0 Å². The summed E-state index contributed by atoms with van der Waals surface area (Å²) >= 11 is 0. The van der Waals surface area contributed by atoms with Gasteiger partial charge in [-0.05, 0) is 33.1 Å². The highest BCUT2D eigenvalue weighted by Gasteiger charge is 2.24. The molecule has 0 aromatic carbocycles. The number of aryl methyl sites for hydroxylation is 2. The van der Waals surface area contributed by atoms with Crippen molar-refractivity contribution in [3.8, 4) is 0 Å². The van der Waals surface area contributed by atoms with Gasteiger partial charge in [0.2, 0.25) is 11.9 Å². The van der Waals surface area contributed by atoms with E-state index in [1.54, 1.807) is 0 Å². The minimum absolute atomic E-state index is 0.0651. The number of anilines is 1. The van der Waals surface area contributed by atoms with E-state index >= 15 is 0 Å². The van der Waals surface area contributed by atoms with Gasteiger partial charge in [0.25, 0.3) is 0 Å². The SMILES string of the molecule is Cc1noc(C)c1CCC(=O)N[C@H]1CCCN(c2ncc3c(n2)CCOC3)C1. The van der Waals surface area contributed by atoms with Crippen LogP contribution >= 0.6 is 0 Å². The zero-order valence-electron chi connectivity index (χ0n) is 16.5. The van der Waals surface area contributed by atoms with Crippen molar-refractivity contribution in [3.63, 3.8) is 0 Å². The van der Waals surface area contributed by atoms with Gasteiger partial charge in [0, 0.05) is 49.3 Å². The number of rotatable bonds is 5. The first kappa shape index (κ1) is 18.9. The van der Waals surface area contributed by atoms with Crippen molar-refractivity contribution in [3.05, 3.63) is 34.5 Å². The third-order valence-corrected chi connectivity index (χ3v) is 5.53. The van der Waals surface area contributed by atoms with E-state index in [2.05, 4.69) is 20.4 Å². The minimum Gasteiger partial charge on any atom is -0.376 e. The van der Waals surface area contributed by atoms with Crippen LogP contribution in [-0.2, 0) is 29.0 Å². The van der Waals surface area contributed by atoms with E-state index in [-0.39, 0.29) is 11.9 Å².